The minimum Gasteiger partial charge on any atom is -0.490 e. The maximum absolute atomic E-state index is 5.62. The van der Waals surface area contributed by atoms with Crippen molar-refractivity contribution < 1.29 is 4.74 Å². The molecule has 0 radical (unpaired) electrons. The molecule has 1 fully saturated rings. The van der Waals surface area contributed by atoms with Gasteiger partial charge in [0.25, 0.3) is 0 Å². The average Bonchev–Trinajstić information content (AvgIpc) is 2.59. The first-order valence-electron chi connectivity index (χ1n) is 8.43. The number of piperidine rings is 1. The van der Waals surface area contributed by atoms with E-state index in [9.17, 15) is 0 Å². The predicted molar refractivity (Wildman–Crippen MR) is 109 cm³/mol. The Morgan fingerprint density at radius 2 is 2.17 bits per heavy atom. The van der Waals surface area contributed by atoms with Gasteiger partial charge in [0.05, 0.1) is 12.7 Å². The summed E-state index contributed by atoms with van der Waals surface area (Å²) in [6.45, 7) is 8.11. The topological polar surface area (TPSA) is 61.8 Å². The summed E-state index contributed by atoms with van der Waals surface area (Å²) in [6.07, 6.45) is 5.77. The van der Waals surface area contributed by atoms with Crippen molar-refractivity contribution >= 4 is 29.9 Å². The number of likely N-dealkylation sites (tertiary alicyclic amines) is 1. The summed E-state index contributed by atoms with van der Waals surface area (Å²) < 4.78 is 5.62. The molecule has 7 heteroatoms. The number of ether oxygens (including phenoxy) is 1. The van der Waals surface area contributed by atoms with Crippen molar-refractivity contribution in [1.82, 2.24) is 20.5 Å². The molecule has 2 N–H and O–H groups in total. The summed E-state index contributed by atoms with van der Waals surface area (Å²) in [6, 6.07) is 4.91. The van der Waals surface area contributed by atoms with Crippen LogP contribution in [0.25, 0.3) is 0 Å². The maximum atomic E-state index is 5.62. The summed E-state index contributed by atoms with van der Waals surface area (Å²) in [5.74, 6) is 1.64. The van der Waals surface area contributed by atoms with E-state index in [1.54, 1.807) is 19.4 Å². The SMILES string of the molecule is CN=C(NCCOc1cccnc1)NC1CCN(C(C)C)CC1.I. The van der Waals surface area contributed by atoms with Crippen molar-refractivity contribution in [1.29, 1.82) is 0 Å². The number of aromatic nitrogens is 1. The Kier molecular flexibility index (Phi) is 10.0. The highest BCUT2D eigenvalue weighted by atomic mass is 127. The summed E-state index contributed by atoms with van der Waals surface area (Å²) in [7, 11) is 1.81. The fourth-order valence-corrected chi connectivity index (χ4v) is 2.72. The van der Waals surface area contributed by atoms with E-state index in [2.05, 4.69) is 39.4 Å². The Bertz CT molecular complexity index is 475. The van der Waals surface area contributed by atoms with E-state index in [-0.39, 0.29) is 24.0 Å². The molecule has 0 saturated carbocycles. The van der Waals surface area contributed by atoms with Crippen LogP contribution in [0.1, 0.15) is 26.7 Å². The fraction of sp³-hybridized carbons (Fsp3) is 0.647. The van der Waals surface area contributed by atoms with Gasteiger partial charge in [-0.15, -0.1) is 24.0 Å². The monoisotopic (exact) mass is 447 g/mol. The highest BCUT2D eigenvalue weighted by molar-refractivity contribution is 14.0. The normalized spacial score (nSPS) is 16.6. The Morgan fingerprint density at radius 1 is 1.42 bits per heavy atom. The van der Waals surface area contributed by atoms with E-state index >= 15 is 0 Å². The standard InChI is InChI=1S/C17H29N5O.HI/c1-14(2)22-10-6-15(7-11-22)21-17(18-3)20-9-12-23-16-5-4-8-19-13-16;/h4-5,8,13-15H,6-7,9-12H2,1-3H3,(H2,18,20,21);1H. The minimum absolute atomic E-state index is 0. The predicted octanol–water partition coefficient (Wildman–Crippen LogP) is 2.12. The van der Waals surface area contributed by atoms with Crippen LogP contribution in [0.2, 0.25) is 0 Å². The van der Waals surface area contributed by atoms with Gasteiger partial charge >= 0.3 is 0 Å². The molecule has 1 aliphatic heterocycles. The molecule has 2 rings (SSSR count). The molecule has 2 heterocycles. The molecule has 0 bridgehead atoms. The first kappa shape index (κ1) is 21.0. The van der Waals surface area contributed by atoms with Gasteiger partial charge in [0.1, 0.15) is 12.4 Å². The highest BCUT2D eigenvalue weighted by Gasteiger charge is 2.21. The summed E-state index contributed by atoms with van der Waals surface area (Å²) >= 11 is 0. The van der Waals surface area contributed by atoms with Crippen LogP contribution >= 0.6 is 24.0 Å². The summed E-state index contributed by atoms with van der Waals surface area (Å²) in [4.78, 5) is 10.8. The van der Waals surface area contributed by atoms with Gasteiger partial charge in [-0.1, -0.05) is 0 Å². The molecule has 136 valence electrons. The lowest BCUT2D eigenvalue weighted by molar-refractivity contribution is 0.167. The van der Waals surface area contributed by atoms with Crippen LogP contribution in [0.5, 0.6) is 5.75 Å². The zero-order valence-electron chi connectivity index (χ0n) is 14.9. The molecular weight excluding hydrogens is 417 g/mol. The summed E-state index contributed by atoms with van der Waals surface area (Å²) in [5, 5.41) is 6.81. The van der Waals surface area contributed by atoms with Gasteiger partial charge in [-0.25, -0.2) is 0 Å². The lowest BCUT2D eigenvalue weighted by Gasteiger charge is -2.35. The zero-order chi connectivity index (χ0) is 16.5. The quantitative estimate of drug-likeness (QED) is 0.303. The third kappa shape index (κ3) is 7.21. The fourth-order valence-electron chi connectivity index (χ4n) is 2.72. The molecule has 1 saturated heterocycles. The molecular formula is C17H30IN5O. The third-order valence-corrected chi connectivity index (χ3v) is 4.12. The molecule has 0 aliphatic carbocycles. The Balaban J connectivity index is 0.00000288. The highest BCUT2D eigenvalue weighted by Crippen LogP contribution is 2.12. The van der Waals surface area contributed by atoms with Gasteiger partial charge in [0.2, 0.25) is 0 Å². The minimum atomic E-state index is 0. The second-order valence-electron chi connectivity index (χ2n) is 6.08. The van der Waals surface area contributed by atoms with E-state index in [1.165, 1.54) is 0 Å². The molecule has 0 amide bonds. The summed E-state index contributed by atoms with van der Waals surface area (Å²) in [5.41, 5.74) is 0. The Hall–Kier alpha value is -1.09. The van der Waals surface area contributed by atoms with Gasteiger partial charge in [-0.2, -0.15) is 0 Å². The van der Waals surface area contributed by atoms with Crippen molar-refractivity contribution in [2.75, 3.05) is 33.3 Å². The molecule has 24 heavy (non-hydrogen) atoms. The van der Waals surface area contributed by atoms with Crippen LogP contribution in [0, 0.1) is 0 Å². The maximum Gasteiger partial charge on any atom is 0.191 e. The second kappa shape index (κ2) is 11.5. The van der Waals surface area contributed by atoms with Crippen molar-refractivity contribution in [3.63, 3.8) is 0 Å². The van der Waals surface area contributed by atoms with Crippen LogP contribution < -0.4 is 15.4 Å². The van der Waals surface area contributed by atoms with Gasteiger partial charge in [0, 0.05) is 38.4 Å². The molecule has 0 spiro atoms. The van der Waals surface area contributed by atoms with Crippen LogP contribution in [0.3, 0.4) is 0 Å². The zero-order valence-corrected chi connectivity index (χ0v) is 17.2. The van der Waals surface area contributed by atoms with E-state index in [0.29, 0.717) is 25.2 Å². The molecule has 1 aromatic rings. The smallest absolute Gasteiger partial charge is 0.191 e. The number of rotatable bonds is 6. The van der Waals surface area contributed by atoms with Crippen molar-refractivity contribution in [3.8, 4) is 5.75 Å². The third-order valence-electron chi connectivity index (χ3n) is 4.12. The number of guanidine groups is 1. The number of pyridine rings is 1. The number of nitrogens with one attached hydrogen (secondary N) is 2. The molecule has 1 aliphatic rings. The van der Waals surface area contributed by atoms with Gasteiger partial charge in [0.15, 0.2) is 5.96 Å². The number of nitrogens with zero attached hydrogens (tertiary/aromatic N) is 3. The van der Waals surface area contributed by atoms with Crippen molar-refractivity contribution in [3.05, 3.63) is 24.5 Å². The van der Waals surface area contributed by atoms with Crippen molar-refractivity contribution in [2.45, 2.75) is 38.8 Å². The molecule has 6 nitrogen and oxygen atoms in total. The first-order valence-corrected chi connectivity index (χ1v) is 8.43. The van der Waals surface area contributed by atoms with E-state index in [0.717, 1.165) is 37.6 Å². The number of halogens is 1. The molecule has 0 aromatic carbocycles. The van der Waals surface area contributed by atoms with Crippen LogP contribution in [0.15, 0.2) is 29.5 Å². The van der Waals surface area contributed by atoms with E-state index in [1.807, 2.05) is 12.1 Å². The van der Waals surface area contributed by atoms with Gasteiger partial charge < -0.3 is 20.3 Å². The Morgan fingerprint density at radius 3 is 2.75 bits per heavy atom. The lowest BCUT2D eigenvalue weighted by Crippen LogP contribution is -2.50. The molecule has 0 atom stereocenters. The second-order valence-corrected chi connectivity index (χ2v) is 6.08. The Labute approximate surface area is 162 Å². The molecule has 0 unspecified atom stereocenters. The first-order chi connectivity index (χ1) is 11.2. The average molecular weight is 447 g/mol. The van der Waals surface area contributed by atoms with Crippen LogP contribution in [-0.4, -0.2) is 61.2 Å². The van der Waals surface area contributed by atoms with E-state index in [4.69, 9.17) is 4.74 Å². The lowest BCUT2D eigenvalue weighted by atomic mass is 10.0. The van der Waals surface area contributed by atoms with Gasteiger partial charge in [-0.3, -0.25) is 9.98 Å². The number of aliphatic imine (C=N–C) groups is 1. The van der Waals surface area contributed by atoms with Crippen molar-refractivity contribution in [2.24, 2.45) is 4.99 Å². The van der Waals surface area contributed by atoms with Crippen LogP contribution in [0.4, 0.5) is 0 Å². The van der Waals surface area contributed by atoms with Gasteiger partial charge in [-0.05, 0) is 38.8 Å². The number of hydrogen-bond acceptors (Lipinski definition) is 4. The largest absolute Gasteiger partial charge is 0.490 e. The van der Waals surface area contributed by atoms with Crippen LogP contribution in [-0.2, 0) is 0 Å². The number of hydrogen-bond donors (Lipinski definition) is 2. The molecule has 1 aromatic heterocycles. The van der Waals surface area contributed by atoms with E-state index < -0.39 is 0 Å².